The Kier molecular flexibility index (Phi) is 7.15. The molecular weight excluding hydrogens is 384 g/mol. The zero-order chi connectivity index (χ0) is 20.6. The topological polar surface area (TPSA) is 96.2 Å². The number of piperazine rings is 1. The molecular formula is C21H26N6OS. The first-order valence-electron chi connectivity index (χ1n) is 9.73. The van der Waals surface area contributed by atoms with Crippen molar-refractivity contribution < 1.29 is 4.79 Å². The van der Waals surface area contributed by atoms with Crippen LogP contribution in [0, 0.1) is 0 Å². The van der Waals surface area contributed by atoms with Crippen molar-refractivity contribution in [1.29, 1.82) is 0 Å². The summed E-state index contributed by atoms with van der Waals surface area (Å²) in [4.78, 5) is 24.5. The lowest BCUT2D eigenvalue weighted by Crippen LogP contribution is -2.44. The average molecular weight is 411 g/mol. The summed E-state index contributed by atoms with van der Waals surface area (Å²) >= 11 is 1.64. The third-order valence-electron chi connectivity index (χ3n) is 4.42. The number of carbonyl (C=O) groups excluding carboxylic acids is 1. The Balaban J connectivity index is 0.00000117. The molecule has 3 aromatic rings. The van der Waals surface area contributed by atoms with Gasteiger partial charge in [-0.2, -0.15) is 0 Å². The molecule has 29 heavy (non-hydrogen) atoms. The second-order valence-corrected chi connectivity index (χ2v) is 7.18. The van der Waals surface area contributed by atoms with Crippen LogP contribution in [0.15, 0.2) is 48.1 Å². The van der Waals surface area contributed by atoms with Crippen LogP contribution in [-0.4, -0.2) is 42.1 Å². The van der Waals surface area contributed by atoms with Crippen LogP contribution in [0.3, 0.4) is 0 Å². The fourth-order valence-corrected chi connectivity index (χ4v) is 3.67. The Hall–Kier alpha value is -2.97. The van der Waals surface area contributed by atoms with Gasteiger partial charge in [0.05, 0.1) is 23.8 Å². The fraction of sp³-hybridized carbons (Fsp3) is 0.286. The highest BCUT2D eigenvalue weighted by Gasteiger charge is 2.15. The van der Waals surface area contributed by atoms with Crippen LogP contribution in [0.4, 0.5) is 17.2 Å². The van der Waals surface area contributed by atoms with Gasteiger partial charge in [-0.1, -0.05) is 26.0 Å². The molecule has 0 spiro atoms. The molecule has 8 heteroatoms. The second-order valence-electron chi connectivity index (χ2n) is 6.23. The van der Waals surface area contributed by atoms with Gasteiger partial charge in [-0.25, -0.2) is 9.97 Å². The Morgan fingerprint density at radius 1 is 1.17 bits per heavy atom. The number of nitrogen functional groups attached to an aromatic ring is 1. The smallest absolute Gasteiger partial charge is 0.275 e. The Labute approximate surface area is 175 Å². The molecule has 1 aromatic carbocycles. The van der Waals surface area contributed by atoms with E-state index < -0.39 is 0 Å². The van der Waals surface area contributed by atoms with E-state index in [1.165, 1.54) is 6.20 Å². The van der Waals surface area contributed by atoms with E-state index >= 15 is 0 Å². The summed E-state index contributed by atoms with van der Waals surface area (Å²) < 4.78 is 0. The zero-order valence-corrected chi connectivity index (χ0v) is 17.5. The molecule has 7 nitrogen and oxygen atoms in total. The van der Waals surface area contributed by atoms with E-state index in [1.54, 1.807) is 23.6 Å². The summed E-state index contributed by atoms with van der Waals surface area (Å²) in [5.74, 6) is 0.455. The Bertz CT molecular complexity index is 921. The SMILES string of the molecule is CC.Nc1ccc(-c2cccs2)cc1NC(=O)c1cnc(N2CCNCC2)cn1. The van der Waals surface area contributed by atoms with Gasteiger partial charge in [0.25, 0.3) is 5.91 Å². The van der Waals surface area contributed by atoms with Crippen molar-refractivity contribution in [2.75, 3.05) is 42.1 Å². The number of rotatable bonds is 4. The number of hydrogen-bond donors (Lipinski definition) is 3. The maximum absolute atomic E-state index is 12.6. The first kappa shape index (κ1) is 20.8. The van der Waals surface area contributed by atoms with Crippen LogP contribution in [0.25, 0.3) is 10.4 Å². The molecule has 0 bridgehead atoms. The number of anilines is 3. The summed E-state index contributed by atoms with van der Waals surface area (Å²) in [6, 6.07) is 9.64. The minimum atomic E-state index is -0.329. The summed E-state index contributed by atoms with van der Waals surface area (Å²) in [6.07, 6.45) is 3.15. The van der Waals surface area contributed by atoms with Gasteiger partial charge in [-0.15, -0.1) is 11.3 Å². The first-order chi connectivity index (χ1) is 14.2. The standard InChI is InChI=1S/C19H20N6OS.C2H6/c20-14-4-3-13(17-2-1-9-27-17)10-15(14)24-19(26)16-11-23-18(12-22-16)25-7-5-21-6-8-25;1-2/h1-4,9-12,21H,5-8,20H2,(H,24,26);1-2H3. The fourth-order valence-electron chi connectivity index (χ4n) is 2.94. The van der Waals surface area contributed by atoms with Crippen molar-refractivity contribution in [2.24, 2.45) is 0 Å². The summed E-state index contributed by atoms with van der Waals surface area (Å²) in [5.41, 5.74) is 8.38. The highest BCUT2D eigenvalue weighted by Crippen LogP contribution is 2.30. The number of benzene rings is 1. The number of nitrogens with two attached hydrogens (primary N) is 1. The molecule has 1 amide bonds. The third kappa shape index (κ3) is 5.10. The number of aromatic nitrogens is 2. The van der Waals surface area contributed by atoms with Gasteiger partial charge in [0.1, 0.15) is 11.5 Å². The van der Waals surface area contributed by atoms with Crippen LogP contribution in [0.5, 0.6) is 0 Å². The van der Waals surface area contributed by atoms with Crippen molar-refractivity contribution in [3.8, 4) is 10.4 Å². The molecule has 1 aliphatic heterocycles. The lowest BCUT2D eigenvalue weighted by Gasteiger charge is -2.27. The van der Waals surface area contributed by atoms with Gasteiger partial charge in [0, 0.05) is 31.1 Å². The van der Waals surface area contributed by atoms with Crippen molar-refractivity contribution >= 4 is 34.4 Å². The van der Waals surface area contributed by atoms with Crippen molar-refractivity contribution in [3.63, 3.8) is 0 Å². The van der Waals surface area contributed by atoms with E-state index in [0.717, 1.165) is 42.4 Å². The molecule has 0 radical (unpaired) electrons. The minimum Gasteiger partial charge on any atom is -0.397 e. The van der Waals surface area contributed by atoms with Crippen molar-refractivity contribution in [2.45, 2.75) is 13.8 Å². The van der Waals surface area contributed by atoms with E-state index in [9.17, 15) is 4.79 Å². The Morgan fingerprint density at radius 2 is 1.97 bits per heavy atom. The minimum absolute atomic E-state index is 0.259. The number of nitrogens with zero attached hydrogens (tertiary/aromatic N) is 3. The van der Waals surface area contributed by atoms with E-state index in [1.807, 2.05) is 43.5 Å². The average Bonchev–Trinajstić information content (AvgIpc) is 3.32. The quantitative estimate of drug-likeness (QED) is 0.570. The number of thiophene rings is 1. The molecule has 4 rings (SSSR count). The normalized spacial score (nSPS) is 13.4. The summed E-state index contributed by atoms with van der Waals surface area (Å²) in [7, 11) is 0. The molecule has 0 unspecified atom stereocenters. The van der Waals surface area contributed by atoms with E-state index in [2.05, 4.69) is 25.5 Å². The van der Waals surface area contributed by atoms with E-state index in [-0.39, 0.29) is 11.6 Å². The molecule has 0 aliphatic carbocycles. The van der Waals surface area contributed by atoms with Crippen LogP contribution < -0.4 is 21.3 Å². The molecule has 0 atom stereocenters. The lowest BCUT2D eigenvalue weighted by atomic mass is 10.1. The number of hydrogen-bond acceptors (Lipinski definition) is 7. The van der Waals surface area contributed by atoms with Gasteiger partial charge in [-0.05, 0) is 29.1 Å². The molecule has 1 fully saturated rings. The number of nitrogens with one attached hydrogen (secondary N) is 2. The highest BCUT2D eigenvalue weighted by atomic mass is 32.1. The van der Waals surface area contributed by atoms with Gasteiger partial charge in [-0.3, -0.25) is 4.79 Å². The van der Waals surface area contributed by atoms with Gasteiger partial charge in [0.15, 0.2) is 0 Å². The summed E-state index contributed by atoms with van der Waals surface area (Å²) in [5, 5.41) is 8.15. The van der Waals surface area contributed by atoms with Crippen LogP contribution in [-0.2, 0) is 0 Å². The third-order valence-corrected chi connectivity index (χ3v) is 5.34. The number of amides is 1. The maximum Gasteiger partial charge on any atom is 0.275 e. The zero-order valence-electron chi connectivity index (χ0n) is 16.7. The molecule has 3 heterocycles. The van der Waals surface area contributed by atoms with Gasteiger partial charge >= 0.3 is 0 Å². The predicted molar refractivity (Wildman–Crippen MR) is 121 cm³/mol. The monoisotopic (exact) mass is 410 g/mol. The van der Waals surface area contributed by atoms with Crippen molar-refractivity contribution in [1.82, 2.24) is 15.3 Å². The van der Waals surface area contributed by atoms with Crippen LogP contribution in [0.1, 0.15) is 24.3 Å². The van der Waals surface area contributed by atoms with E-state index in [0.29, 0.717) is 11.4 Å². The van der Waals surface area contributed by atoms with E-state index in [4.69, 9.17) is 5.73 Å². The molecule has 1 aliphatic rings. The molecule has 152 valence electrons. The predicted octanol–water partition coefficient (Wildman–Crippen LogP) is 3.48. The largest absolute Gasteiger partial charge is 0.397 e. The van der Waals surface area contributed by atoms with Gasteiger partial charge < -0.3 is 21.3 Å². The molecule has 1 saturated heterocycles. The maximum atomic E-state index is 12.6. The highest BCUT2D eigenvalue weighted by molar-refractivity contribution is 7.13. The molecule has 4 N–H and O–H groups in total. The second kappa shape index (κ2) is 9.99. The summed E-state index contributed by atoms with van der Waals surface area (Å²) in [6.45, 7) is 7.60. The molecule has 2 aromatic heterocycles. The Morgan fingerprint density at radius 3 is 2.62 bits per heavy atom. The van der Waals surface area contributed by atoms with Gasteiger partial charge in [0.2, 0.25) is 0 Å². The van der Waals surface area contributed by atoms with Crippen LogP contribution >= 0.6 is 11.3 Å². The molecule has 0 saturated carbocycles. The first-order valence-corrected chi connectivity index (χ1v) is 10.6. The van der Waals surface area contributed by atoms with Crippen molar-refractivity contribution in [3.05, 3.63) is 53.8 Å². The van der Waals surface area contributed by atoms with Crippen LogP contribution in [0.2, 0.25) is 0 Å². The number of carbonyl (C=O) groups is 1. The lowest BCUT2D eigenvalue weighted by molar-refractivity contribution is 0.102.